The Morgan fingerprint density at radius 3 is 1.54 bits per heavy atom. The van der Waals surface area contributed by atoms with Crippen LogP contribution in [0, 0.1) is 0 Å². The monoisotopic (exact) mass is 453 g/mol. The fourth-order valence-corrected chi connectivity index (χ4v) is 42.4. The Morgan fingerprint density at radius 2 is 1.12 bits per heavy atom. The molecule has 0 heterocycles. The molecule has 2 heteroatoms. The zero-order valence-corrected chi connectivity index (χ0v) is 19.9. The third-order valence-corrected chi connectivity index (χ3v) is 40.8. The van der Waals surface area contributed by atoms with Gasteiger partial charge < -0.3 is 0 Å². The molecule has 0 spiro atoms. The molecule has 0 amide bonds. The van der Waals surface area contributed by atoms with Gasteiger partial charge in [-0.25, -0.2) is 0 Å². The van der Waals surface area contributed by atoms with E-state index in [1.807, 2.05) is 0 Å². The van der Waals surface area contributed by atoms with Crippen molar-refractivity contribution in [2.45, 2.75) is 32.6 Å². The fraction of sp³-hybridized carbons (Fsp3) is 0.273. The van der Waals surface area contributed by atoms with E-state index in [4.69, 9.17) is 0 Å². The summed E-state index contributed by atoms with van der Waals surface area (Å²) in [5, 5.41) is 0. The molecule has 0 aliphatic heterocycles. The summed E-state index contributed by atoms with van der Waals surface area (Å²) in [4.78, 5) is 0. The van der Waals surface area contributed by atoms with Gasteiger partial charge in [-0.15, -0.1) is 0 Å². The van der Waals surface area contributed by atoms with Crippen LogP contribution in [-0.4, -0.2) is 10.6 Å². The predicted octanol–water partition coefficient (Wildman–Crippen LogP) is 5.90. The molecule has 0 N–H and O–H groups in total. The normalized spacial score (nSPS) is 21.4. The second-order valence-electron chi connectivity index (χ2n) is 7.56. The van der Waals surface area contributed by atoms with E-state index in [0.29, 0.717) is 0 Å². The van der Waals surface area contributed by atoms with E-state index >= 15 is 0 Å². The molecule has 2 aliphatic rings. The molecule has 0 bridgehead atoms. The SMILES string of the molecule is CC1=Cc2ccccc2[CH]1[Zr]([CH]1C(C)=Cc2ccccc21)[GeH]([CH3])[CH3]. The zero-order chi connectivity index (χ0) is 16.8. The van der Waals surface area contributed by atoms with Crippen LogP contribution in [0.25, 0.3) is 12.2 Å². The summed E-state index contributed by atoms with van der Waals surface area (Å²) in [5.41, 5.74) is 9.61. The predicted molar refractivity (Wildman–Crippen MR) is 105 cm³/mol. The van der Waals surface area contributed by atoms with Crippen LogP contribution in [0.4, 0.5) is 0 Å². The van der Waals surface area contributed by atoms with Crippen LogP contribution in [-0.2, 0) is 19.2 Å². The summed E-state index contributed by atoms with van der Waals surface area (Å²) in [7, 11) is -1.20. The van der Waals surface area contributed by atoms with E-state index in [1.54, 1.807) is 22.3 Å². The molecule has 0 radical (unpaired) electrons. The van der Waals surface area contributed by atoms with Gasteiger partial charge in [-0.2, -0.15) is 0 Å². The number of hydrogen-bond donors (Lipinski definition) is 0. The van der Waals surface area contributed by atoms with Crippen LogP contribution in [0.3, 0.4) is 0 Å². The van der Waals surface area contributed by atoms with Crippen LogP contribution in [0.2, 0.25) is 11.5 Å². The van der Waals surface area contributed by atoms with Crippen molar-refractivity contribution < 1.29 is 19.2 Å². The van der Waals surface area contributed by atoms with Crippen molar-refractivity contribution in [3.05, 3.63) is 81.9 Å². The van der Waals surface area contributed by atoms with E-state index in [-0.39, 0.29) is 0 Å². The van der Waals surface area contributed by atoms with Gasteiger partial charge in [0.2, 0.25) is 0 Å². The summed E-state index contributed by atoms with van der Waals surface area (Å²) in [6.07, 6.45) is 4.95. The van der Waals surface area contributed by atoms with Gasteiger partial charge in [-0.05, 0) is 0 Å². The molecule has 24 heavy (non-hydrogen) atoms. The van der Waals surface area contributed by atoms with Gasteiger partial charge >= 0.3 is 156 Å². The molecule has 0 saturated carbocycles. The quantitative estimate of drug-likeness (QED) is 0.508. The Hall–Kier alpha value is -0.654. The summed E-state index contributed by atoms with van der Waals surface area (Å²) in [6, 6.07) is 18.4. The third kappa shape index (κ3) is 2.69. The molecule has 2 aliphatic carbocycles. The van der Waals surface area contributed by atoms with Crippen molar-refractivity contribution in [3.63, 3.8) is 0 Å². The van der Waals surface area contributed by atoms with E-state index < -0.39 is 29.8 Å². The minimum absolute atomic E-state index is 0.808. The number of hydrogen-bond acceptors (Lipinski definition) is 0. The van der Waals surface area contributed by atoms with Crippen LogP contribution >= 0.6 is 0 Å². The molecule has 0 nitrogen and oxygen atoms in total. The van der Waals surface area contributed by atoms with Gasteiger partial charge in [-0.1, -0.05) is 0 Å². The van der Waals surface area contributed by atoms with Crippen molar-refractivity contribution in [2.75, 3.05) is 0 Å². The fourth-order valence-electron chi connectivity index (χ4n) is 4.68. The molecule has 2 aromatic rings. The van der Waals surface area contributed by atoms with Crippen molar-refractivity contribution >= 4 is 22.7 Å². The Balaban J connectivity index is 1.83. The second kappa shape index (κ2) is 6.58. The molecular formula is C22H25GeZr. The number of benzene rings is 2. The topological polar surface area (TPSA) is 0 Å². The van der Waals surface area contributed by atoms with Gasteiger partial charge in [0, 0.05) is 0 Å². The first-order chi connectivity index (χ1) is 11.6. The van der Waals surface area contributed by atoms with Gasteiger partial charge in [-0.3, -0.25) is 0 Å². The molecule has 0 fully saturated rings. The minimum atomic E-state index is -1.67. The zero-order valence-electron chi connectivity index (χ0n) is 15.0. The Bertz CT molecular complexity index is 779. The molecule has 0 aromatic heterocycles. The number of fused-ring (bicyclic) bond motifs is 2. The molecular weight excluding hydrogens is 428 g/mol. The van der Waals surface area contributed by atoms with Crippen LogP contribution in [0.1, 0.15) is 43.4 Å². The van der Waals surface area contributed by atoms with Crippen molar-refractivity contribution in [2.24, 2.45) is 0 Å². The van der Waals surface area contributed by atoms with Crippen LogP contribution in [0.5, 0.6) is 0 Å². The number of allylic oxidation sites excluding steroid dienone is 2. The molecule has 2 unspecified atom stereocenters. The van der Waals surface area contributed by atoms with Gasteiger partial charge in [0.25, 0.3) is 0 Å². The molecule has 2 aromatic carbocycles. The summed E-state index contributed by atoms with van der Waals surface area (Å²) < 4.78 is 1.62. The van der Waals surface area contributed by atoms with Gasteiger partial charge in [0.15, 0.2) is 0 Å². The van der Waals surface area contributed by atoms with E-state index in [2.05, 4.69) is 86.0 Å². The van der Waals surface area contributed by atoms with E-state index in [1.165, 1.54) is 11.1 Å². The second-order valence-corrected chi connectivity index (χ2v) is 40.7. The van der Waals surface area contributed by atoms with Crippen molar-refractivity contribution in [3.8, 4) is 0 Å². The number of rotatable bonds is 3. The van der Waals surface area contributed by atoms with Crippen LogP contribution in [0.15, 0.2) is 59.7 Å². The van der Waals surface area contributed by atoms with Gasteiger partial charge in [0.1, 0.15) is 0 Å². The maximum absolute atomic E-state index is 2.67. The summed E-state index contributed by atoms with van der Waals surface area (Å²) >= 11 is -1.67. The Kier molecular flexibility index (Phi) is 4.60. The van der Waals surface area contributed by atoms with E-state index in [0.717, 1.165) is 7.25 Å². The third-order valence-electron chi connectivity index (χ3n) is 5.62. The molecule has 2 atom stereocenters. The molecule has 0 saturated heterocycles. The average Bonchev–Trinajstić information content (AvgIpc) is 3.05. The van der Waals surface area contributed by atoms with Crippen molar-refractivity contribution in [1.29, 1.82) is 0 Å². The van der Waals surface area contributed by atoms with Crippen LogP contribution < -0.4 is 0 Å². The van der Waals surface area contributed by atoms with E-state index in [9.17, 15) is 0 Å². The standard InChI is InChI=1S/2C10H9.C2H7Ge.Zr/c2*1-8-6-9-4-2-3-5-10(9)7-8;1-3-2;/h2*2-7H,1H3;3H,1-2H3;. The first-order valence-corrected chi connectivity index (χ1v) is 25.3. The maximum atomic E-state index is 2.67. The Labute approximate surface area is 155 Å². The summed E-state index contributed by atoms with van der Waals surface area (Å²) in [5.74, 6) is 5.34. The van der Waals surface area contributed by atoms with Gasteiger partial charge in [0.05, 0.1) is 0 Å². The Morgan fingerprint density at radius 1 is 0.708 bits per heavy atom. The first kappa shape index (κ1) is 16.8. The first-order valence-electron chi connectivity index (χ1n) is 8.98. The summed E-state index contributed by atoms with van der Waals surface area (Å²) in [6.45, 7) is 4.80. The van der Waals surface area contributed by atoms with Crippen molar-refractivity contribution in [1.82, 2.24) is 0 Å². The average molecular weight is 453 g/mol. The molecule has 121 valence electrons. The molecule has 4 rings (SSSR count).